The van der Waals surface area contributed by atoms with E-state index in [4.69, 9.17) is 11.6 Å². The molecule has 0 atom stereocenters. The van der Waals surface area contributed by atoms with Gasteiger partial charge >= 0.3 is 0 Å². The van der Waals surface area contributed by atoms with Crippen LogP contribution in [0.3, 0.4) is 0 Å². The first-order chi connectivity index (χ1) is 12.4. The van der Waals surface area contributed by atoms with Gasteiger partial charge in [0.25, 0.3) is 5.69 Å². The molecule has 0 unspecified atom stereocenters. The molecule has 3 rings (SSSR count). The quantitative estimate of drug-likeness (QED) is 0.234. The first-order valence-corrected chi connectivity index (χ1v) is 9.07. The second-order valence-corrected chi connectivity index (χ2v) is 7.24. The van der Waals surface area contributed by atoms with E-state index in [-0.39, 0.29) is 11.3 Å². The predicted octanol–water partition coefficient (Wildman–Crippen LogP) is 4.41. The minimum atomic E-state index is -0.546. The minimum Gasteiger partial charge on any atom is -0.287 e. The van der Waals surface area contributed by atoms with Crippen LogP contribution < -0.4 is 0 Å². The van der Waals surface area contributed by atoms with Gasteiger partial charge in [-0.3, -0.25) is 19.6 Å². The van der Waals surface area contributed by atoms with E-state index in [1.165, 1.54) is 10.7 Å². The van der Waals surface area contributed by atoms with Crippen molar-refractivity contribution in [3.05, 3.63) is 89.8 Å². The smallest absolute Gasteiger partial charge is 0.280 e. The number of nitro benzene ring substituents is 1. The zero-order valence-corrected chi connectivity index (χ0v) is 16.6. The highest BCUT2D eigenvalue weighted by Crippen LogP contribution is 2.27. The van der Waals surface area contributed by atoms with Crippen LogP contribution in [-0.4, -0.2) is 20.5 Å². The first-order valence-electron chi connectivity index (χ1n) is 7.61. The fraction of sp³-hybridized carbons (Fsp3) is 0.111. The lowest BCUT2D eigenvalue weighted by atomic mass is 9.98. The summed E-state index contributed by atoms with van der Waals surface area (Å²) in [5.41, 5.74) is 1.79. The second-order valence-electron chi connectivity index (χ2n) is 5.67. The van der Waals surface area contributed by atoms with Gasteiger partial charge in [0.15, 0.2) is 0 Å². The zero-order valence-electron chi connectivity index (χ0n) is 13.6. The number of halogens is 2. The Kier molecular flexibility index (Phi) is 5.38. The molecule has 0 radical (unpaired) electrons. The highest BCUT2D eigenvalue weighted by Gasteiger charge is 2.26. The lowest BCUT2D eigenvalue weighted by molar-refractivity contribution is -0.385. The predicted molar refractivity (Wildman–Crippen MR) is 107 cm³/mol. The van der Waals surface area contributed by atoms with Gasteiger partial charge in [0.2, 0.25) is 5.78 Å². The van der Waals surface area contributed by atoms with Gasteiger partial charge in [-0.15, -0.1) is 0 Å². The summed E-state index contributed by atoms with van der Waals surface area (Å²) in [7, 11) is 1.63. The van der Waals surface area contributed by atoms with Gasteiger partial charge in [0.1, 0.15) is 11.3 Å². The van der Waals surface area contributed by atoms with Crippen LogP contribution in [0.4, 0.5) is 5.69 Å². The van der Waals surface area contributed by atoms with Crippen molar-refractivity contribution in [1.29, 1.82) is 0 Å². The highest BCUT2D eigenvalue weighted by molar-refractivity contribution is 14.1. The Bertz CT molecular complexity index is 997. The van der Waals surface area contributed by atoms with Crippen LogP contribution in [0.1, 0.15) is 27.2 Å². The maximum Gasteiger partial charge on any atom is 0.280 e. The van der Waals surface area contributed by atoms with Crippen molar-refractivity contribution in [3.63, 3.8) is 0 Å². The van der Waals surface area contributed by atoms with Gasteiger partial charge in [-0.25, -0.2) is 0 Å². The molecule has 0 saturated carbocycles. The van der Waals surface area contributed by atoms with Crippen LogP contribution in [0.5, 0.6) is 0 Å². The fourth-order valence-corrected chi connectivity index (χ4v) is 3.61. The number of carbonyl (C=O) groups is 1. The maximum absolute atomic E-state index is 12.9. The number of carbonyl (C=O) groups excluding carboxylic acids is 1. The molecule has 0 aliphatic carbocycles. The number of nitrogens with zero attached hydrogens (tertiary/aromatic N) is 3. The fourth-order valence-electron chi connectivity index (χ4n) is 2.69. The van der Waals surface area contributed by atoms with Gasteiger partial charge in [0.05, 0.1) is 14.7 Å². The molecule has 1 aromatic heterocycles. The Morgan fingerprint density at radius 1 is 1.31 bits per heavy atom. The van der Waals surface area contributed by atoms with Crippen LogP contribution in [-0.2, 0) is 13.5 Å². The van der Waals surface area contributed by atoms with E-state index in [0.29, 0.717) is 20.7 Å². The first kappa shape index (κ1) is 18.5. The monoisotopic (exact) mass is 481 g/mol. The standard InChI is InChI=1S/C18H13ClIN3O3/c1-22-17(15(20)10-21-22)18(24)13-9-11(6-7-16(13)23(25)26)8-12-4-2-3-5-14(12)19/h2-7,9-10H,8H2,1H3. The molecule has 0 spiro atoms. The van der Waals surface area contributed by atoms with Crippen molar-refractivity contribution in [3.8, 4) is 0 Å². The Labute approximate surface area is 168 Å². The topological polar surface area (TPSA) is 78.0 Å². The molecule has 0 bridgehead atoms. The summed E-state index contributed by atoms with van der Waals surface area (Å²) in [6, 6.07) is 11.9. The summed E-state index contributed by atoms with van der Waals surface area (Å²) in [5, 5.41) is 16.0. The number of benzene rings is 2. The molecule has 3 aromatic rings. The van der Waals surface area contributed by atoms with Crippen molar-refractivity contribution in [2.45, 2.75) is 6.42 Å². The van der Waals surface area contributed by atoms with Crippen molar-refractivity contribution >= 4 is 45.7 Å². The van der Waals surface area contributed by atoms with E-state index in [2.05, 4.69) is 5.10 Å². The third kappa shape index (κ3) is 3.63. The van der Waals surface area contributed by atoms with Gasteiger partial charge in [-0.05, 0) is 52.3 Å². The summed E-state index contributed by atoms with van der Waals surface area (Å²) in [5.74, 6) is -0.429. The van der Waals surface area contributed by atoms with Crippen molar-refractivity contribution < 1.29 is 9.72 Å². The van der Waals surface area contributed by atoms with Gasteiger partial charge < -0.3 is 0 Å². The SMILES string of the molecule is Cn1ncc(I)c1C(=O)c1cc(Cc2ccccc2Cl)ccc1[N+](=O)[O-]. The largest absolute Gasteiger partial charge is 0.287 e. The molecule has 1 heterocycles. The van der Waals surface area contributed by atoms with E-state index in [1.807, 2.05) is 40.8 Å². The Morgan fingerprint density at radius 2 is 2.04 bits per heavy atom. The van der Waals surface area contributed by atoms with Crippen LogP contribution in [0, 0.1) is 13.7 Å². The van der Waals surface area contributed by atoms with E-state index in [0.717, 1.165) is 11.1 Å². The molecule has 132 valence electrons. The molecule has 26 heavy (non-hydrogen) atoms. The molecule has 8 heteroatoms. The number of aryl methyl sites for hydroxylation is 1. The van der Waals surface area contributed by atoms with Gasteiger partial charge in [-0.2, -0.15) is 5.10 Å². The maximum atomic E-state index is 12.9. The number of rotatable bonds is 5. The summed E-state index contributed by atoms with van der Waals surface area (Å²) in [6.07, 6.45) is 2.02. The van der Waals surface area contributed by atoms with Crippen LogP contribution in [0.2, 0.25) is 5.02 Å². The molecule has 2 aromatic carbocycles. The average Bonchev–Trinajstić information content (AvgIpc) is 2.94. The summed E-state index contributed by atoms with van der Waals surface area (Å²) >= 11 is 8.19. The van der Waals surface area contributed by atoms with Crippen molar-refractivity contribution in [2.24, 2.45) is 7.05 Å². The third-order valence-corrected chi connectivity index (χ3v) is 5.12. The summed E-state index contributed by atoms with van der Waals surface area (Å²) < 4.78 is 2.06. The number of ketones is 1. The molecular formula is C18H13ClIN3O3. The van der Waals surface area contributed by atoms with E-state index < -0.39 is 10.7 Å². The number of hydrogen-bond donors (Lipinski definition) is 0. The average molecular weight is 482 g/mol. The molecule has 0 fully saturated rings. The second kappa shape index (κ2) is 7.55. The van der Waals surface area contributed by atoms with Crippen LogP contribution >= 0.6 is 34.2 Å². The number of hydrogen-bond acceptors (Lipinski definition) is 4. The van der Waals surface area contributed by atoms with Gasteiger partial charge in [0, 0.05) is 18.1 Å². The van der Waals surface area contributed by atoms with E-state index >= 15 is 0 Å². The van der Waals surface area contributed by atoms with E-state index in [9.17, 15) is 14.9 Å². The third-order valence-electron chi connectivity index (χ3n) is 3.96. The van der Waals surface area contributed by atoms with Crippen molar-refractivity contribution in [2.75, 3.05) is 0 Å². The Morgan fingerprint density at radius 3 is 2.65 bits per heavy atom. The lowest BCUT2D eigenvalue weighted by Crippen LogP contribution is -2.12. The number of nitro groups is 1. The Hall–Kier alpha value is -2.26. The van der Waals surface area contributed by atoms with Crippen LogP contribution in [0.25, 0.3) is 0 Å². The normalized spacial score (nSPS) is 10.7. The zero-order chi connectivity index (χ0) is 18.8. The molecule has 0 aliphatic rings. The highest BCUT2D eigenvalue weighted by atomic mass is 127. The summed E-state index contributed by atoms with van der Waals surface area (Å²) in [4.78, 5) is 23.8. The van der Waals surface area contributed by atoms with Crippen molar-refractivity contribution in [1.82, 2.24) is 9.78 Å². The minimum absolute atomic E-state index is 0.0427. The molecule has 0 saturated heterocycles. The van der Waals surface area contributed by atoms with Crippen LogP contribution in [0.15, 0.2) is 48.7 Å². The molecule has 0 N–H and O–H groups in total. The molecular weight excluding hydrogens is 469 g/mol. The molecule has 6 nitrogen and oxygen atoms in total. The van der Waals surface area contributed by atoms with Gasteiger partial charge in [-0.1, -0.05) is 35.9 Å². The number of aromatic nitrogens is 2. The van der Waals surface area contributed by atoms with E-state index in [1.54, 1.807) is 31.4 Å². The Balaban J connectivity index is 2.07. The lowest BCUT2D eigenvalue weighted by Gasteiger charge is -2.08. The molecule has 0 aliphatic heterocycles. The molecule has 0 amide bonds. The summed E-state index contributed by atoms with van der Waals surface area (Å²) in [6.45, 7) is 0.